The van der Waals surface area contributed by atoms with Crippen molar-refractivity contribution in [2.75, 3.05) is 39.9 Å². The van der Waals surface area contributed by atoms with Gasteiger partial charge in [-0.05, 0) is 52.4 Å². The summed E-state index contributed by atoms with van der Waals surface area (Å²) in [6.45, 7) is 8.13. The highest BCUT2D eigenvalue weighted by atomic mass is 19.1. The Morgan fingerprint density at radius 3 is 2.30 bits per heavy atom. The van der Waals surface area contributed by atoms with Crippen LogP contribution < -0.4 is 0 Å². The Balaban J connectivity index is 4.97. The number of carbonyl (C=O) groups excluding carboxylic acids is 2. The lowest BCUT2D eigenvalue weighted by Crippen LogP contribution is -2.45. The van der Waals surface area contributed by atoms with Crippen molar-refractivity contribution in [3.8, 4) is 0 Å². The van der Waals surface area contributed by atoms with E-state index in [1.807, 2.05) is 20.8 Å². The molecule has 218 valence electrons. The number of carbonyl (C=O) groups is 2. The van der Waals surface area contributed by atoms with Crippen LogP contribution in [0, 0.1) is 11.3 Å². The first-order chi connectivity index (χ1) is 17.6. The number of esters is 2. The molecule has 0 aliphatic carbocycles. The van der Waals surface area contributed by atoms with Gasteiger partial charge in [-0.1, -0.05) is 31.9 Å². The predicted octanol–water partition coefficient (Wildman–Crippen LogP) is 3.47. The van der Waals surface area contributed by atoms with Crippen molar-refractivity contribution in [1.29, 1.82) is 0 Å². The molecule has 0 heterocycles. The molecule has 0 aromatic heterocycles. The van der Waals surface area contributed by atoms with Crippen LogP contribution in [0.4, 0.5) is 4.39 Å². The first-order valence-electron chi connectivity index (χ1n) is 13.2. The number of halogens is 1. The normalized spacial score (nSPS) is 16.9. The smallest absolute Gasteiger partial charge is 0.306 e. The van der Waals surface area contributed by atoms with E-state index >= 15 is 0 Å². The average molecular weight is 537 g/mol. The Labute approximate surface area is 221 Å². The zero-order valence-corrected chi connectivity index (χ0v) is 23.2. The van der Waals surface area contributed by atoms with Crippen LogP contribution in [0.2, 0.25) is 0 Å². The summed E-state index contributed by atoms with van der Waals surface area (Å²) in [6.07, 6.45) is 2.16. The molecule has 0 rings (SSSR count). The zero-order valence-electron chi connectivity index (χ0n) is 23.2. The van der Waals surface area contributed by atoms with Gasteiger partial charge in [0.2, 0.25) is 0 Å². The second kappa shape index (κ2) is 20.4. The Morgan fingerprint density at radius 2 is 1.73 bits per heavy atom. The SMILES string of the molecule is CCCCOCC(COC(=O)CCC(=O)OC(C)[C@](CF)(CC/C(C)=C/CO)[C@@H](C)C[C@@H](C)O)OCO. The van der Waals surface area contributed by atoms with E-state index in [0.717, 1.165) is 18.4 Å². The number of unbranched alkanes of at least 4 members (excludes halogenated alkanes) is 1. The summed E-state index contributed by atoms with van der Waals surface area (Å²) in [5.74, 6) is -1.58. The summed E-state index contributed by atoms with van der Waals surface area (Å²) in [4.78, 5) is 24.7. The van der Waals surface area contributed by atoms with Gasteiger partial charge >= 0.3 is 11.9 Å². The quantitative estimate of drug-likeness (QED) is 0.0823. The molecule has 0 fully saturated rings. The van der Waals surface area contributed by atoms with Gasteiger partial charge in [-0.25, -0.2) is 0 Å². The lowest BCUT2D eigenvalue weighted by atomic mass is 9.67. The number of ether oxygens (including phenoxy) is 4. The number of hydrogen-bond donors (Lipinski definition) is 3. The third-order valence-electron chi connectivity index (χ3n) is 6.69. The molecule has 2 unspecified atom stereocenters. The van der Waals surface area contributed by atoms with Crippen LogP contribution >= 0.6 is 0 Å². The maximum absolute atomic E-state index is 14.6. The van der Waals surface area contributed by atoms with Crippen LogP contribution in [-0.2, 0) is 28.5 Å². The Kier molecular flexibility index (Phi) is 19.5. The largest absolute Gasteiger partial charge is 0.463 e. The van der Waals surface area contributed by atoms with E-state index in [9.17, 15) is 19.1 Å². The van der Waals surface area contributed by atoms with Crippen molar-refractivity contribution < 1.29 is 48.2 Å². The Hall–Kier alpha value is -1.59. The molecule has 0 aromatic rings. The first kappa shape index (κ1) is 35.4. The summed E-state index contributed by atoms with van der Waals surface area (Å²) in [5, 5.41) is 28.0. The third kappa shape index (κ3) is 14.8. The van der Waals surface area contributed by atoms with Crippen molar-refractivity contribution in [3.05, 3.63) is 11.6 Å². The standard InChI is InChI=1S/C27H49FO9/c1-6-7-14-34-16-24(36-19-30)17-35-25(32)8-9-26(33)37-23(5)27(18-28,21(3)15-22(4)31)12-10-20(2)11-13-29/h11,21-24,29-31H,6-10,12-19H2,1-5H3/b20-11+/t21-,22+,23?,24?,27-/m0/s1. The molecule has 0 aliphatic heterocycles. The second-order valence-electron chi connectivity index (χ2n) is 9.75. The monoisotopic (exact) mass is 536 g/mol. The minimum atomic E-state index is -1.04. The molecule has 10 heteroatoms. The highest BCUT2D eigenvalue weighted by Crippen LogP contribution is 2.42. The van der Waals surface area contributed by atoms with Gasteiger partial charge in [-0.15, -0.1) is 0 Å². The molecule has 3 N–H and O–H groups in total. The lowest BCUT2D eigenvalue weighted by molar-refractivity contribution is -0.164. The van der Waals surface area contributed by atoms with Gasteiger partial charge in [0.15, 0.2) is 0 Å². The van der Waals surface area contributed by atoms with Gasteiger partial charge in [0, 0.05) is 12.0 Å². The van der Waals surface area contributed by atoms with Gasteiger partial charge in [0.1, 0.15) is 25.6 Å². The van der Waals surface area contributed by atoms with Gasteiger partial charge in [0.05, 0.1) is 38.8 Å². The molecular formula is C27H49FO9. The number of aliphatic hydroxyl groups is 3. The number of allylic oxidation sites excluding steroid dienone is 1. The van der Waals surface area contributed by atoms with Crippen molar-refractivity contribution in [1.82, 2.24) is 0 Å². The highest BCUT2D eigenvalue weighted by molar-refractivity contribution is 5.77. The molecule has 0 saturated heterocycles. The second-order valence-corrected chi connectivity index (χ2v) is 9.75. The van der Waals surface area contributed by atoms with Crippen LogP contribution in [0.5, 0.6) is 0 Å². The summed E-state index contributed by atoms with van der Waals surface area (Å²) in [7, 11) is 0. The molecule has 5 atom stereocenters. The molecule has 0 spiro atoms. The van der Waals surface area contributed by atoms with Crippen LogP contribution in [0.3, 0.4) is 0 Å². The Bertz CT molecular complexity index is 656. The molecular weight excluding hydrogens is 487 g/mol. The minimum absolute atomic E-state index is 0.114. The highest BCUT2D eigenvalue weighted by Gasteiger charge is 2.43. The van der Waals surface area contributed by atoms with E-state index in [1.165, 1.54) is 0 Å². The van der Waals surface area contributed by atoms with Gasteiger partial charge < -0.3 is 34.3 Å². The number of alkyl halides is 1. The van der Waals surface area contributed by atoms with Gasteiger partial charge in [-0.3, -0.25) is 14.0 Å². The number of rotatable bonds is 22. The predicted molar refractivity (Wildman–Crippen MR) is 137 cm³/mol. The van der Waals surface area contributed by atoms with Crippen molar-refractivity contribution >= 4 is 11.9 Å². The zero-order chi connectivity index (χ0) is 28.3. The molecule has 9 nitrogen and oxygen atoms in total. The van der Waals surface area contributed by atoms with Crippen LogP contribution in [-0.4, -0.2) is 85.5 Å². The number of hydrogen-bond acceptors (Lipinski definition) is 9. The summed E-state index contributed by atoms with van der Waals surface area (Å²) in [5.41, 5.74) is -0.144. The molecule has 37 heavy (non-hydrogen) atoms. The third-order valence-corrected chi connectivity index (χ3v) is 6.69. The maximum Gasteiger partial charge on any atom is 0.306 e. The topological polar surface area (TPSA) is 132 Å². The fourth-order valence-corrected chi connectivity index (χ4v) is 4.14. The summed E-state index contributed by atoms with van der Waals surface area (Å²) >= 11 is 0. The van der Waals surface area contributed by atoms with Crippen LogP contribution in [0.1, 0.15) is 79.6 Å². The van der Waals surface area contributed by atoms with Crippen LogP contribution in [0.15, 0.2) is 11.6 Å². The molecule has 0 aliphatic rings. The minimum Gasteiger partial charge on any atom is -0.463 e. The van der Waals surface area contributed by atoms with E-state index in [2.05, 4.69) is 0 Å². The van der Waals surface area contributed by atoms with Crippen molar-refractivity contribution in [3.63, 3.8) is 0 Å². The Morgan fingerprint density at radius 1 is 1.05 bits per heavy atom. The summed E-state index contributed by atoms with van der Waals surface area (Å²) < 4.78 is 35.8. The molecule has 0 bridgehead atoms. The lowest BCUT2D eigenvalue weighted by Gasteiger charge is -2.42. The van der Waals surface area contributed by atoms with E-state index in [-0.39, 0.29) is 38.6 Å². The molecule has 0 amide bonds. The molecule has 0 radical (unpaired) electrons. The van der Waals surface area contributed by atoms with Crippen molar-refractivity contribution in [2.24, 2.45) is 11.3 Å². The van der Waals surface area contributed by atoms with Crippen molar-refractivity contribution in [2.45, 2.75) is 97.9 Å². The maximum atomic E-state index is 14.6. The van der Waals surface area contributed by atoms with E-state index < -0.39 is 49.1 Å². The van der Waals surface area contributed by atoms with Gasteiger partial charge in [0.25, 0.3) is 0 Å². The van der Waals surface area contributed by atoms with E-state index in [0.29, 0.717) is 25.9 Å². The van der Waals surface area contributed by atoms with E-state index in [4.69, 9.17) is 29.2 Å². The first-order valence-corrected chi connectivity index (χ1v) is 13.2. The van der Waals surface area contributed by atoms with Crippen LogP contribution in [0.25, 0.3) is 0 Å². The molecule has 0 saturated carbocycles. The van der Waals surface area contributed by atoms with E-state index in [1.54, 1.807) is 19.9 Å². The fraction of sp³-hybridized carbons (Fsp3) is 0.852. The van der Waals surface area contributed by atoms with Gasteiger partial charge in [-0.2, -0.15) is 0 Å². The fourth-order valence-electron chi connectivity index (χ4n) is 4.14. The molecule has 0 aromatic carbocycles. The summed E-state index contributed by atoms with van der Waals surface area (Å²) in [6, 6.07) is 0. The number of aliphatic hydroxyl groups excluding tert-OH is 3. The average Bonchev–Trinajstić information content (AvgIpc) is 2.84.